The van der Waals surface area contributed by atoms with Crippen LogP contribution in [-0.2, 0) is 20.5 Å². The normalized spacial score (nSPS) is 28.9. The number of ether oxygens (including phenoxy) is 1. The molecule has 6 atom stereocenters. The quantitative estimate of drug-likeness (QED) is 0.262. The van der Waals surface area contributed by atoms with Gasteiger partial charge in [-0.15, -0.1) is 13.2 Å². The number of quaternary nitrogens is 1. The lowest BCUT2D eigenvalue weighted by atomic mass is 9.43. The molecule has 1 aliphatic heterocycles. The van der Waals surface area contributed by atoms with Gasteiger partial charge in [-0.25, -0.2) is 0 Å². The predicted molar refractivity (Wildman–Crippen MR) is 133 cm³/mol. The van der Waals surface area contributed by atoms with E-state index in [1.54, 1.807) is 12.1 Å². The lowest BCUT2D eigenvalue weighted by molar-refractivity contribution is -0.405. The Morgan fingerprint density at radius 3 is 2.53 bits per heavy atom. The number of rotatable bonds is 11. The van der Waals surface area contributed by atoms with Crippen LogP contribution >= 0.6 is 0 Å². The molecule has 214 valence electrons. The molecule has 0 aromatic heterocycles. The van der Waals surface area contributed by atoms with E-state index in [1.807, 2.05) is 0 Å². The highest BCUT2D eigenvalue weighted by atomic mass is 35.5. The average molecular weight is 562 g/mol. The van der Waals surface area contributed by atoms with Gasteiger partial charge in [-0.1, -0.05) is 26.0 Å². The van der Waals surface area contributed by atoms with Gasteiger partial charge in [0.15, 0.2) is 6.04 Å². The first-order chi connectivity index (χ1) is 17.3. The summed E-state index contributed by atoms with van der Waals surface area (Å²) >= 11 is 0. The van der Waals surface area contributed by atoms with Crippen molar-refractivity contribution in [1.29, 1.82) is 0 Å². The number of nitrogens with one attached hydrogen (secondary N) is 1. The maximum atomic E-state index is 12.7. The molecule has 1 amide bonds. The molecule has 0 spiro atoms. The first-order valence-corrected chi connectivity index (χ1v) is 13.3. The van der Waals surface area contributed by atoms with Gasteiger partial charge in [-0.05, 0) is 80.5 Å². The highest BCUT2D eigenvalue weighted by Crippen LogP contribution is 2.66. The number of halogens is 4. The van der Waals surface area contributed by atoms with Gasteiger partial charge in [0.25, 0.3) is 5.91 Å². The molecule has 3 aliphatic carbocycles. The van der Waals surface area contributed by atoms with Gasteiger partial charge in [-0.2, -0.15) is 0 Å². The molecule has 3 saturated carbocycles. The Morgan fingerprint density at radius 1 is 1.24 bits per heavy atom. The summed E-state index contributed by atoms with van der Waals surface area (Å²) in [6.07, 6.45) is 0.127. The minimum Gasteiger partial charge on any atom is -1.00 e. The van der Waals surface area contributed by atoms with Gasteiger partial charge >= 0.3 is 13.5 Å². The van der Waals surface area contributed by atoms with E-state index in [4.69, 9.17) is 15.0 Å². The Morgan fingerprint density at radius 2 is 1.92 bits per heavy atom. The van der Waals surface area contributed by atoms with Crippen LogP contribution in [0.4, 0.5) is 13.2 Å². The molecule has 5 rings (SSSR count). The topological polar surface area (TPSA) is 110 Å². The predicted octanol–water partition coefficient (Wildman–Crippen LogP) is 0.0859. The molecule has 6 N–H and O–H groups in total. The van der Waals surface area contributed by atoms with Crippen LogP contribution in [0.2, 0.25) is 5.82 Å². The van der Waals surface area contributed by atoms with Crippen LogP contribution in [-0.4, -0.2) is 50.2 Å². The van der Waals surface area contributed by atoms with Gasteiger partial charge in [0.1, 0.15) is 5.75 Å². The maximum Gasteiger partial charge on any atom is 0.573 e. The first-order valence-electron chi connectivity index (χ1n) is 13.3. The number of hydrogen-bond acceptors (Lipinski definition) is 5. The van der Waals surface area contributed by atoms with Crippen LogP contribution in [0.5, 0.6) is 5.75 Å². The lowest BCUT2D eigenvalue weighted by Crippen LogP contribution is -3.00. The van der Waals surface area contributed by atoms with Gasteiger partial charge in [0.05, 0.1) is 11.7 Å². The van der Waals surface area contributed by atoms with E-state index in [-0.39, 0.29) is 47.4 Å². The van der Waals surface area contributed by atoms with Crippen LogP contribution in [0.1, 0.15) is 58.4 Å². The van der Waals surface area contributed by atoms with E-state index in [0.717, 1.165) is 31.2 Å². The van der Waals surface area contributed by atoms with Gasteiger partial charge in [0.2, 0.25) is 0 Å². The second-order valence-corrected chi connectivity index (χ2v) is 11.7. The van der Waals surface area contributed by atoms with Crippen LogP contribution in [0.3, 0.4) is 0 Å². The van der Waals surface area contributed by atoms with Crippen molar-refractivity contribution in [3.8, 4) is 5.75 Å². The third-order valence-corrected chi connectivity index (χ3v) is 8.92. The third-order valence-electron chi connectivity index (χ3n) is 8.92. The summed E-state index contributed by atoms with van der Waals surface area (Å²) < 4.78 is 54.8. The summed E-state index contributed by atoms with van der Waals surface area (Å²) in [5.74, 6) is 0.373. The molecule has 1 aromatic carbocycles. The fourth-order valence-corrected chi connectivity index (χ4v) is 6.54. The van der Waals surface area contributed by atoms with E-state index < -0.39 is 19.1 Å². The van der Waals surface area contributed by atoms with Crippen LogP contribution < -0.4 is 33.9 Å². The summed E-state index contributed by atoms with van der Waals surface area (Å²) in [6.45, 7) is 7.63. The zero-order valence-electron chi connectivity index (χ0n) is 22.4. The molecular weight excluding hydrogens is 522 g/mol. The Bertz CT molecular complexity index is 955. The van der Waals surface area contributed by atoms with Crippen LogP contribution in [0.15, 0.2) is 24.3 Å². The molecule has 7 nitrogen and oxygen atoms in total. The van der Waals surface area contributed by atoms with Crippen LogP contribution in [0.25, 0.3) is 0 Å². The molecule has 0 radical (unpaired) electrons. The standard InChI is InChI=1S/C26H39BF3N3O4.ClH/c1-24(2)17-13-21(24)25(3)22(14-17)36-27(37-25)18(15-33-23(34)20(32)6-4-5-11-31)12-16-7-9-19(10-8-16)35-26(28,29)30;/h7-10,17-18,20-22H,4-6,11-15,31-32H2,1-3H3,(H,33,34);1H/t17-,18?,20-,21-,22+,25-;/m1./s1. The number of unbranched alkanes of at least 4 members (excludes halogenated alkanes) is 1. The Labute approximate surface area is 229 Å². The Hall–Kier alpha value is -1.53. The van der Waals surface area contributed by atoms with Crippen molar-refractivity contribution < 1.29 is 50.2 Å². The fourth-order valence-electron chi connectivity index (χ4n) is 6.54. The van der Waals surface area contributed by atoms with Gasteiger partial charge in [0, 0.05) is 18.8 Å². The smallest absolute Gasteiger partial charge is 0.573 e. The summed E-state index contributed by atoms with van der Waals surface area (Å²) in [5.41, 5.74) is 10.1. The van der Waals surface area contributed by atoms with Crippen molar-refractivity contribution in [2.45, 2.75) is 89.2 Å². The largest absolute Gasteiger partial charge is 1.00 e. The van der Waals surface area contributed by atoms with Gasteiger partial charge < -0.3 is 43.2 Å². The molecule has 1 saturated heterocycles. The molecule has 2 bridgehead atoms. The third kappa shape index (κ3) is 6.61. The molecular formula is C26H40BClF3N3O4. The Balaban J connectivity index is 0.00000400. The monoisotopic (exact) mass is 561 g/mol. The molecule has 12 heteroatoms. The lowest BCUT2D eigenvalue weighted by Gasteiger charge is -2.64. The number of hydrogen-bond donors (Lipinski definition) is 3. The number of amides is 1. The highest BCUT2D eigenvalue weighted by molar-refractivity contribution is 6.47. The van der Waals surface area contributed by atoms with Crippen molar-refractivity contribution in [2.24, 2.45) is 23.0 Å². The van der Waals surface area contributed by atoms with E-state index >= 15 is 0 Å². The van der Waals surface area contributed by atoms with Crippen molar-refractivity contribution in [3.63, 3.8) is 0 Å². The van der Waals surface area contributed by atoms with E-state index in [0.29, 0.717) is 37.8 Å². The number of carbonyl (C=O) groups is 1. The van der Waals surface area contributed by atoms with E-state index in [9.17, 15) is 18.0 Å². The molecule has 1 heterocycles. The van der Waals surface area contributed by atoms with Gasteiger partial charge in [-0.3, -0.25) is 4.79 Å². The van der Waals surface area contributed by atoms with Crippen LogP contribution in [0, 0.1) is 17.3 Å². The van der Waals surface area contributed by atoms with Crippen molar-refractivity contribution in [3.05, 3.63) is 29.8 Å². The second-order valence-electron chi connectivity index (χ2n) is 11.7. The molecule has 38 heavy (non-hydrogen) atoms. The molecule has 1 aromatic rings. The van der Waals surface area contributed by atoms with Crippen molar-refractivity contribution in [1.82, 2.24) is 5.32 Å². The molecule has 4 fully saturated rings. The minimum atomic E-state index is -4.74. The molecule has 4 aliphatic rings. The number of carbonyl (C=O) groups excluding carboxylic acids is 1. The highest BCUT2D eigenvalue weighted by Gasteiger charge is 2.68. The van der Waals surface area contributed by atoms with Crippen molar-refractivity contribution >= 4 is 13.0 Å². The maximum absolute atomic E-state index is 12.7. The second kappa shape index (κ2) is 11.9. The summed E-state index contributed by atoms with van der Waals surface area (Å²) in [4.78, 5) is 12.7. The fraction of sp³-hybridized carbons (Fsp3) is 0.731. The first kappa shape index (κ1) is 31.0. The average Bonchev–Trinajstić information content (AvgIpc) is 3.18. The van der Waals surface area contributed by atoms with E-state index in [1.165, 1.54) is 12.1 Å². The number of nitrogens with two attached hydrogens (primary N) is 1. The Kier molecular flexibility index (Phi) is 9.73. The minimum absolute atomic E-state index is 0. The zero-order valence-corrected chi connectivity index (χ0v) is 23.1. The number of alkyl halides is 3. The molecule has 1 unspecified atom stereocenters. The SMILES string of the molecule is CC1(C)[C@H]2C[C@@H]3OB(C(CNC(=O)[C@H]([NH3+])CCCCN)Cc4ccc(OC(F)(F)F)cc4)O[C@]3(C)[C@@H]1C2.[Cl-]. The summed E-state index contributed by atoms with van der Waals surface area (Å²) in [6, 6.07) is 5.44. The summed E-state index contributed by atoms with van der Waals surface area (Å²) in [5, 5.41) is 3.01. The summed E-state index contributed by atoms with van der Waals surface area (Å²) in [7, 11) is -0.531. The van der Waals surface area contributed by atoms with Crippen molar-refractivity contribution in [2.75, 3.05) is 13.1 Å². The van der Waals surface area contributed by atoms with E-state index in [2.05, 4.69) is 36.6 Å². The number of benzene rings is 1. The zero-order chi connectivity index (χ0) is 27.0.